The fourth-order valence-corrected chi connectivity index (χ4v) is 3.37. The number of nitrogens with zero attached hydrogens (tertiary/aromatic N) is 2. The van der Waals surface area contributed by atoms with Crippen LogP contribution in [0.3, 0.4) is 0 Å². The van der Waals surface area contributed by atoms with Crippen molar-refractivity contribution >= 4 is 0 Å². The van der Waals surface area contributed by atoms with Gasteiger partial charge in [0.05, 0.1) is 0 Å². The van der Waals surface area contributed by atoms with Gasteiger partial charge in [-0.15, -0.1) is 0 Å². The fraction of sp³-hybridized carbons (Fsp3) is 0.280. The molecule has 0 saturated heterocycles. The van der Waals surface area contributed by atoms with E-state index in [0.717, 1.165) is 47.3 Å². The summed E-state index contributed by atoms with van der Waals surface area (Å²) in [4.78, 5) is 21.8. The molecule has 152 valence electrons. The third-order valence-corrected chi connectivity index (χ3v) is 4.97. The zero-order chi connectivity index (χ0) is 21.0. The van der Waals surface area contributed by atoms with Crippen molar-refractivity contribution in [2.75, 3.05) is 0 Å². The van der Waals surface area contributed by atoms with Crippen LogP contribution in [-0.4, -0.2) is 0 Å². The molecule has 2 aromatic rings. The summed E-state index contributed by atoms with van der Waals surface area (Å²) in [5.41, 5.74) is 9.78. The lowest BCUT2D eigenvalue weighted by atomic mass is 9.97. The van der Waals surface area contributed by atoms with Gasteiger partial charge in [0.15, 0.2) is 0 Å². The molecule has 0 amide bonds. The Morgan fingerprint density at radius 3 is 2.50 bits per heavy atom. The number of rotatable bonds is 12. The van der Waals surface area contributed by atoms with E-state index in [1.165, 1.54) is 0 Å². The first kappa shape index (κ1) is 21.2. The summed E-state index contributed by atoms with van der Waals surface area (Å²) >= 11 is 0. The van der Waals surface area contributed by atoms with Gasteiger partial charge in [0.25, 0.3) is 0 Å². The maximum Gasteiger partial charge on any atom is 0.131 e. The Bertz CT molecular complexity index is 998. The number of nitroso groups, excluding NO2 is 2. The summed E-state index contributed by atoms with van der Waals surface area (Å²) in [6.07, 6.45) is 6.97. The lowest BCUT2D eigenvalue weighted by Gasteiger charge is -2.13. The standard InChI is InChI=1S/C25H24N2O3/c28-26-18-21-11-8-14-23(17-21)24(27-29)15-6-4-12-22-13-5-7-16-25(22)30-19-20-9-2-1-3-10-20/h1-3,8-11,13-14,16-17,24H,4,6,12,15,18-19H2/t24-/m1/s1. The summed E-state index contributed by atoms with van der Waals surface area (Å²) in [5, 5.41) is 6.20. The van der Waals surface area contributed by atoms with Gasteiger partial charge in [0, 0.05) is 11.6 Å². The van der Waals surface area contributed by atoms with Crippen LogP contribution >= 0.6 is 0 Å². The quantitative estimate of drug-likeness (QED) is 0.227. The van der Waals surface area contributed by atoms with Crippen molar-refractivity contribution in [1.29, 1.82) is 0 Å². The van der Waals surface area contributed by atoms with Crippen LogP contribution in [0.1, 0.15) is 48.4 Å². The first-order valence-electron chi connectivity index (χ1n) is 10.1. The molecule has 30 heavy (non-hydrogen) atoms. The molecule has 1 atom stereocenters. The van der Waals surface area contributed by atoms with E-state index in [2.05, 4.69) is 21.8 Å². The van der Waals surface area contributed by atoms with Gasteiger partial charge in [-0.1, -0.05) is 82.8 Å². The predicted molar refractivity (Wildman–Crippen MR) is 117 cm³/mol. The fourth-order valence-electron chi connectivity index (χ4n) is 3.37. The van der Waals surface area contributed by atoms with Crippen molar-refractivity contribution in [2.24, 2.45) is 10.4 Å². The van der Waals surface area contributed by atoms with Gasteiger partial charge in [0.1, 0.15) is 25.0 Å². The molecule has 1 aliphatic rings. The monoisotopic (exact) mass is 400 g/mol. The van der Waals surface area contributed by atoms with Gasteiger partial charge in [-0.05, 0) is 42.0 Å². The molecule has 3 rings (SSSR count). The van der Waals surface area contributed by atoms with Gasteiger partial charge in [-0.2, -0.15) is 9.81 Å². The number of hydrogen-bond donors (Lipinski definition) is 0. The average Bonchev–Trinajstić information content (AvgIpc) is 2.79. The van der Waals surface area contributed by atoms with E-state index < -0.39 is 6.04 Å². The van der Waals surface area contributed by atoms with Crippen LogP contribution in [0.15, 0.2) is 99.9 Å². The van der Waals surface area contributed by atoms with E-state index in [4.69, 9.17) is 4.74 Å². The Kier molecular flexibility index (Phi) is 8.11. The summed E-state index contributed by atoms with van der Waals surface area (Å²) in [7, 11) is 0. The van der Waals surface area contributed by atoms with E-state index in [0.29, 0.717) is 13.0 Å². The van der Waals surface area contributed by atoms with Crippen LogP contribution in [0.4, 0.5) is 0 Å². The molecular formula is C25H24N2O3. The SMILES string of the molecule is O=NCc1cccc([C@@H](CCCCC2=C(OCc3ccccc3)C=C=C=C2)N=O)c1. The molecule has 0 heterocycles. The molecule has 0 fully saturated rings. The molecule has 0 bridgehead atoms. The highest BCUT2D eigenvalue weighted by Crippen LogP contribution is 2.26. The second kappa shape index (κ2) is 11.5. The zero-order valence-corrected chi connectivity index (χ0v) is 16.8. The van der Waals surface area contributed by atoms with Crippen LogP contribution in [0.25, 0.3) is 0 Å². The van der Waals surface area contributed by atoms with Crippen molar-refractivity contribution in [3.63, 3.8) is 0 Å². The minimum Gasteiger partial charge on any atom is -0.488 e. The number of allylic oxidation sites excluding steroid dienone is 3. The highest BCUT2D eigenvalue weighted by Gasteiger charge is 2.13. The lowest BCUT2D eigenvalue weighted by Crippen LogP contribution is -1.99. The molecule has 0 aliphatic heterocycles. The Morgan fingerprint density at radius 2 is 1.70 bits per heavy atom. The van der Waals surface area contributed by atoms with Crippen molar-refractivity contribution in [1.82, 2.24) is 0 Å². The molecule has 0 saturated carbocycles. The van der Waals surface area contributed by atoms with Crippen LogP contribution in [0, 0.1) is 9.81 Å². The van der Waals surface area contributed by atoms with Crippen LogP contribution < -0.4 is 0 Å². The van der Waals surface area contributed by atoms with Gasteiger partial charge in [-0.25, -0.2) is 0 Å². The smallest absolute Gasteiger partial charge is 0.131 e. The van der Waals surface area contributed by atoms with E-state index in [-0.39, 0.29) is 6.54 Å². The van der Waals surface area contributed by atoms with E-state index >= 15 is 0 Å². The summed E-state index contributed by atoms with van der Waals surface area (Å²) in [6.45, 7) is 0.613. The summed E-state index contributed by atoms with van der Waals surface area (Å²) in [5.74, 6) is 0.816. The number of benzene rings is 2. The van der Waals surface area contributed by atoms with E-state index in [1.54, 1.807) is 0 Å². The van der Waals surface area contributed by atoms with Crippen LogP contribution in [0.2, 0.25) is 0 Å². The minimum absolute atomic E-state index is 0.104. The maximum absolute atomic E-state index is 11.3. The van der Waals surface area contributed by atoms with Crippen molar-refractivity contribution < 1.29 is 4.74 Å². The molecule has 0 unspecified atom stereocenters. The van der Waals surface area contributed by atoms with Gasteiger partial charge in [0.2, 0.25) is 0 Å². The number of ether oxygens (including phenoxy) is 1. The highest BCUT2D eigenvalue weighted by molar-refractivity contribution is 5.32. The Morgan fingerprint density at radius 1 is 0.900 bits per heavy atom. The molecule has 5 nitrogen and oxygen atoms in total. The normalized spacial score (nSPS) is 13.3. The minimum atomic E-state index is -0.416. The first-order chi connectivity index (χ1) is 14.8. The Hall–Kier alpha value is -3.52. The van der Waals surface area contributed by atoms with Crippen LogP contribution in [-0.2, 0) is 17.9 Å². The van der Waals surface area contributed by atoms with Crippen LogP contribution in [0.5, 0.6) is 0 Å². The van der Waals surface area contributed by atoms with Crippen molar-refractivity contribution in [3.8, 4) is 0 Å². The summed E-state index contributed by atoms with van der Waals surface area (Å²) in [6, 6.07) is 17.0. The van der Waals surface area contributed by atoms with Gasteiger partial charge < -0.3 is 4.74 Å². The van der Waals surface area contributed by atoms with Gasteiger partial charge in [-0.3, -0.25) is 0 Å². The average molecular weight is 400 g/mol. The zero-order valence-electron chi connectivity index (χ0n) is 16.8. The number of hydrogen-bond acceptors (Lipinski definition) is 5. The topological polar surface area (TPSA) is 68.1 Å². The molecule has 2 aromatic carbocycles. The second-order valence-electron chi connectivity index (χ2n) is 7.14. The van der Waals surface area contributed by atoms with Gasteiger partial charge >= 0.3 is 0 Å². The number of unbranched alkanes of at least 4 members (excludes halogenated alkanes) is 1. The molecule has 0 spiro atoms. The first-order valence-corrected chi connectivity index (χ1v) is 10.1. The lowest BCUT2D eigenvalue weighted by molar-refractivity contribution is 0.207. The molecule has 0 aromatic heterocycles. The van der Waals surface area contributed by atoms with E-state index in [1.807, 2.05) is 66.7 Å². The molecule has 5 heteroatoms. The third-order valence-electron chi connectivity index (χ3n) is 4.97. The second-order valence-corrected chi connectivity index (χ2v) is 7.14. The maximum atomic E-state index is 11.3. The summed E-state index contributed by atoms with van der Waals surface area (Å²) < 4.78 is 5.97. The molecule has 0 radical (unpaired) electrons. The predicted octanol–water partition coefficient (Wildman–Crippen LogP) is 6.67. The Balaban J connectivity index is 1.52. The third kappa shape index (κ3) is 6.25. The largest absolute Gasteiger partial charge is 0.488 e. The molecule has 1 aliphatic carbocycles. The van der Waals surface area contributed by atoms with Crippen molar-refractivity contribution in [3.05, 3.63) is 116 Å². The molecule has 0 N–H and O–H groups in total. The Labute approximate surface area is 176 Å². The van der Waals surface area contributed by atoms with Crippen molar-refractivity contribution in [2.45, 2.75) is 44.9 Å². The highest BCUT2D eigenvalue weighted by atomic mass is 16.5. The van der Waals surface area contributed by atoms with E-state index in [9.17, 15) is 9.81 Å². The molecular weight excluding hydrogens is 376 g/mol.